The van der Waals surface area contributed by atoms with E-state index in [1.165, 1.54) is 6.92 Å². The molecule has 6 nitrogen and oxygen atoms in total. The summed E-state index contributed by atoms with van der Waals surface area (Å²) in [7, 11) is 0. The average Bonchev–Trinajstić information content (AvgIpc) is 2.67. The predicted octanol–water partition coefficient (Wildman–Crippen LogP) is 2.99. The van der Waals surface area contributed by atoms with Gasteiger partial charge in [0, 0.05) is 12.5 Å². The minimum atomic E-state index is -1.06. The molecule has 2 aromatic rings. The molecule has 1 unspecified atom stereocenters. The van der Waals surface area contributed by atoms with Gasteiger partial charge in [0.1, 0.15) is 0 Å². The average molecular weight is 368 g/mol. The van der Waals surface area contributed by atoms with E-state index < -0.39 is 24.0 Å². The molecule has 0 bridgehead atoms. The van der Waals surface area contributed by atoms with E-state index in [4.69, 9.17) is 4.74 Å². The Morgan fingerprint density at radius 1 is 0.926 bits per heavy atom. The van der Waals surface area contributed by atoms with Crippen molar-refractivity contribution in [2.24, 2.45) is 0 Å². The van der Waals surface area contributed by atoms with E-state index in [9.17, 15) is 14.4 Å². The molecule has 0 saturated heterocycles. The Balaban J connectivity index is 2.04. The van der Waals surface area contributed by atoms with Crippen LogP contribution in [0.2, 0.25) is 0 Å². The molecule has 0 aromatic heterocycles. The van der Waals surface area contributed by atoms with Crippen LogP contribution < -0.4 is 10.6 Å². The topological polar surface area (TPSA) is 84.5 Å². The van der Waals surface area contributed by atoms with Crippen LogP contribution in [-0.4, -0.2) is 30.6 Å². The first-order valence-corrected chi connectivity index (χ1v) is 8.89. The van der Waals surface area contributed by atoms with Gasteiger partial charge < -0.3 is 10.1 Å². The molecule has 3 amide bonds. The molecule has 2 rings (SSSR count). The first kappa shape index (κ1) is 20.2. The highest BCUT2D eigenvalue weighted by atomic mass is 16.5. The second kappa shape index (κ2) is 10.1. The zero-order valence-electron chi connectivity index (χ0n) is 15.5. The first-order chi connectivity index (χ1) is 13.0. The molecule has 2 aromatic carbocycles. The molecule has 0 fully saturated rings. The molecule has 0 radical (unpaired) electrons. The van der Waals surface area contributed by atoms with Crippen LogP contribution in [0.15, 0.2) is 60.7 Å². The number of carbonyl (C=O) groups excluding carboxylic acids is 3. The summed E-state index contributed by atoms with van der Waals surface area (Å²) >= 11 is 0. The monoisotopic (exact) mass is 368 g/mol. The Morgan fingerprint density at radius 3 is 1.93 bits per heavy atom. The highest BCUT2D eigenvalue weighted by molar-refractivity contribution is 5.97. The zero-order valence-corrected chi connectivity index (χ0v) is 15.5. The van der Waals surface area contributed by atoms with Crippen LogP contribution in [0.5, 0.6) is 0 Å². The Hall–Kier alpha value is -3.15. The number of hydrogen-bond acceptors (Lipinski definition) is 4. The van der Waals surface area contributed by atoms with Gasteiger partial charge in [0.05, 0.1) is 6.42 Å². The molecule has 1 atom stereocenters. The molecule has 27 heavy (non-hydrogen) atoms. The molecular formula is C21H24N2O4. The second-order valence-electron chi connectivity index (χ2n) is 6.06. The van der Waals surface area contributed by atoms with Crippen molar-refractivity contribution in [3.8, 4) is 0 Å². The van der Waals surface area contributed by atoms with Crippen molar-refractivity contribution in [2.75, 3.05) is 6.54 Å². The second-order valence-corrected chi connectivity index (χ2v) is 6.06. The van der Waals surface area contributed by atoms with Crippen molar-refractivity contribution >= 4 is 17.9 Å². The number of urea groups is 1. The lowest BCUT2D eigenvalue weighted by Crippen LogP contribution is -2.44. The minimum Gasteiger partial charge on any atom is -0.453 e. The maximum absolute atomic E-state index is 12.4. The summed E-state index contributed by atoms with van der Waals surface area (Å²) in [4.78, 5) is 35.8. The standard InChI is InChI=1S/C21H24N2O4/c1-3-22-21(26)23-20(25)15(2)27-19(24)14-18(16-10-6-4-7-11-16)17-12-8-5-9-13-17/h4-13,15,18H,3,14H2,1-2H3,(H2,22,23,25,26). The van der Waals surface area contributed by atoms with E-state index in [2.05, 4.69) is 10.6 Å². The normalized spacial score (nSPS) is 11.5. The summed E-state index contributed by atoms with van der Waals surface area (Å²) in [5.74, 6) is -1.35. The van der Waals surface area contributed by atoms with Crippen LogP contribution in [0.25, 0.3) is 0 Å². The molecule has 0 heterocycles. The van der Waals surface area contributed by atoms with Gasteiger partial charge in [0.2, 0.25) is 0 Å². The number of imide groups is 1. The van der Waals surface area contributed by atoms with E-state index >= 15 is 0 Å². The number of hydrogen-bond donors (Lipinski definition) is 2. The van der Waals surface area contributed by atoms with Crippen LogP contribution in [0.3, 0.4) is 0 Å². The number of esters is 1. The summed E-state index contributed by atoms with van der Waals surface area (Å²) in [6.07, 6.45) is -0.973. The molecule has 0 saturated carbocycles. The number of rotatable bonds is 7. The van der Waals surface area contributed by atoms with E-state index in [-0.39, 0.29) is 12.3 Å². The molecule has 2 N–H and O–H groups in total. The van der Waals surface area contributed by atoms with Gasteiger partial charge in [-0.1, -0.05) is 60.7 Å². The predicted molar refractivity (Wildman–Crippen MR) is 102 cm³/mol. The Kier molecular flexibility index (Phi) is 7.55. The number of carbonyl (C=O) groups is 3. The molecule has 6 heteroatoms. The van der Waals surface area contributed by atoms with E-state index in [1.54, 1.807) is 6.92 Å². The summed E-state index contributed by atoms with van der Waals surface area (Å²) in [5.41, 5.74) is 1.97. The van der Waals surface area contributed by atoms with Crippen molar-refractivity contribution in [3.05, 3.63) is 71.8 Å². The van der Waals surface area contributed by atoms with Crippen molar-refractivity contribution in [2.45, 2.75) is 32.3 Å². The fraction of sp³-hybridized carbons (Fsp3) is 0.286. The van der Waals surface area contributed by atoms with Gasteiger partial charge in [-0.25, -0.2) is 4.79 Å². The molecule has 0 spiro atoms. The zero-order chi connectivity index (χ0) is 19.6. The smallest absolute Gasteiger partial charge is 0.321 e. The third-order valence-corrected chi connectivity index (χ3v) is 4.03. The quantitative estimate of drug-likeness (QED) is 0.736. The van der Waals surface area contributed by atoms with Gasteiger partial charge in [-0.15, -0.1) is 0 Å². The first-order valence-electron chi connectivity index (χ1n) is 8.89. The number of benzene rings is 2. The van der Waals surface area contributed by atoms with Gasteiger partial charge in [-0.2, -0.15) is 0 Å². The number of nitrogens with one attached hydrogen (secondary N) is 2. The minimum absolute atomic E-state index is 0.0901. The van der Waals surface area contributed by atoms with Gasteiger partial charge in [-0.05, 0) is 25.0 Å². The van der Waals surface area contributed by atoms with Crippen LogP contribution in [0, 0.1) is 0 Å². The lowest BCUT2D eigenvalue weighted by molar-refractivity contribution is -0.154. The van der Waals surface area contributed by atoms with E-state index in [0.717, 1.165) is 11.1 Å². The molecular weight excluding hydrogens is 344 g/mol. The fourth-order valence-electron chi connectivity index (χ4n) is 2.68. The van der Waals surface area contributed by atoms with Gasteiger partial charge in [0.25, 0.3) is 5.91 Å². The van der Waals surface area contributed by atoms with Crippen molar-refractivity contribution in [1.82, 2.24) is 10.6 Å². The third-order valence-electron chi connectivity index (χ3n) is 4.03. The largest absolute Gasteiger partial charge is 0.453 e. The molecule has 0 aliphatic rings. The van der Waals surface area contributed by atoms with Gasteiger partial charge in [0.15, 0.2) is 6.10 Å². The molecule has 142 valence electrons. The van der Waals surface area contributed by atoms with Crippen LogP contribution in [0.4, 0.5) is 4.79 Å². The number of ether oxygens (including phenoxy) is 1. The van der Waals surface area contributed by atoms with Gasteiger partial charge in [-0.3, -0.25) is 14.9 Å². The summed E-state index contributed by atoms with van der Waals surface area (Å²) in [6.45, 7) is 3.57. The third kappa shape index (κ3) is 6.26. The van der Waals surface area contributed by atoms with Crippen LogP contribution >= 0.6 is 0 Å². The molecule has 0 aliphatic carbocycles. The maximum atomic E-state index is 12.4. The lowest BCUT2D eigenvalue weighted by Gasteiger charge is -2.19. The Labute approximate surface area is 158 Å². The van der Waals surface area contributed by atoms with Gasteiger partial charge >= 0.3 is 12.0 Å². The summed E-state index contributed by atoms with van der Waals surface area (Å²) in [6, 6.07) is 18.7. The highest BCUT2D eigenvalue weighted by Gasteiger charge is 2.23. The Morgan fingerprint density at radius 2 is 1.44 bits per heavy atom. The maximum Gasteiger partial charge on any atom is 0.321 e. The SMILES string of the molecule is CCNC(=O)NC(=O)C(C)OC(=O)CC(c1ccccc1)c1ccccc1. The van der Waals surface area contributed by atoms with Crippen molar-refractivity contribution in [1.29, 1.82) is 0 Å². The summed E-state index contributed by atoms with van der Waals surface area (Å²) < 4.78 is 5.23. The van der Waals surface area contributed by atoms with Crippen LogP contribution in [-0.2, 0) is 14.3 Å². The fourth-order valence-corrected chi connectivity index (χ4v) is 2.68. The van der Waals surface area contributed by atoms with E-state index in [1.807, 2.05) is 60.7 Å². The number of amides is 3. The van der Waals surface area contributed by atoms with E-state index in [0.29, 0.717) is 6.54 Å². The van der Waals surface area contributed by atoms with Crippen LogP contribution in [0.1, 0.15) is 37.3 Å². The Bertz CT molecular complexity index is 723. The highest BCUT2D eigenvalue weighted by Crippen LogP contribution is 2.28. The molecule has 0 aliphatic heterocycles. The van der Waals surface area contributed by atoms with Crippen molar-refractivity contribution < 1.29 is 19.1 Å². The summed E-state index contributed by atoms with van der Waals surface area (Å²) in [5, 5.41) is 4.58. The van der Waals surface area contributed by atoms with Crippen molar-refractivity contribution in [3.63, 3.8) is 0 Å². The lowest BCUT2D eigenvalue weighted by atomic mass is 9.88.